The monoisotopic (exact) mass is 1040 g/mol. The summed E-state index contributed by atoms with van der Waals surface area (Å²) in [5.74, 6) is 9.43. The maximum atomic E-state index is 6.12. The van der Waals surface area contributed by atoms with Crippen LogP contribution in [0.5, 0.6) is 0 Å². The molecule has 0 aliphatic carbocycles. The Morgan fingerprint density at radius 1 is 0.754 bits per heavy atom. The SMILES string of the molecule is CC(C)Cc1cc(-c2[c-]cccc2)nc[c]1[Ge]([CH3])([CH3])[CH3].Cc1cc2c(oc3n[c-]c(-c4nc5ccccc5n4-c4c(C(C)C)cc5ccccc5c4C(C)C)cc32)c(C)n1.[Ir]. The van der Waals surface area contributed by atoms with E-state index in [9.17, 15) is 0 Å². The predicted octanol–water partition coefficient (Wildman–Crippen LogP) is 13.5. The molecule has 1 radical (unpaired) electrons. The van der Waals surface area contributed by atoms with Gasteiger partial charge in [-0.25, -0.2) is 0 Å². The minimum Gasteiger partial charge on any atom is -0.481 e. The van der Waals surface area contributed by atoms with Gasteiger partial charge in [0.05, 0.1) is 22.6 Å². The molecule has 4 aromatic carbocycles. The summed E-state index contributed by atoms with van der Waals surface area (Å²) in [7, 11) is 0. The molecule has 5 aromatic heterocycles. The number of hydrogen-bond acceptors (Lipinski definition) is 5. The second-order valence-corrected chi connectivity index (χ2v) is 28.8. The van der Waals surface area contributed by atoms with Crippen molar-refractivity contribution in [3.63, 3.8) is 0 Å². The van der Waals surface area contributed by atoms with Gasteiger partial charge in [0.25, 0.3) is 0 Å². The number of aryl methyl sites for hydroxylation is 2. The molecule has 0 fully saturated rings. The summed E-state index contributed by atoms with van der Waals surface area (Å²) in [6.07, 6.45) is 6.55. The van der Waals surface area contributed by atoms with E-state index in [1.54, 1.807) is 4.40 Å². The van der Waals surface area contributed by atoms with E-state index in [1.165, 1.54) is 33.2 Å². The number of pyridine rings is 3. The number of nitrogens with zero attached hydrogens (tertiary/aromatic N) is 5. The Labute approximate surface area is 377 Å². The Hall–Kier alpha value is -4.95. The van der Waals surface area contributed by atoms with Crippen LogP contribution in [0, 0.1) is 32.0 Å². The number of benzene rings is 4. The minimum absolute atomic E-state index is 0. The van der Waals surface area contributed by atoms with Crippen LogP contribution in [-0.2, 0) is 26.5 Å². The van der Waals surface area contributed by atoms with Gasteiger partial charge in [-0.05, 0) is 83.4 Å². The smallest absolute Gasteiger partial charge is 0.144 e. The summed E-state index contributed by atoms with van der Waals surface area (Å²) >= 11 is -1.86. The maximum absolute atomic E-state index is 6.12. The quantitative estimate of drug-likeness (QED) is 0.112. The maximum Gasteiger partial charge on any atom is 0.144 e. The Bertz CT molecular complexity index is 3010. The molecule has 5 heterocycles. The van der Waals surface area contributed by atoms with E-state index in [4.69, 9.17) is 14.4 Å². The summed E-state index contributed by atoms with van der Waals surface area (Å²) in [5, 5.41) is 4.51. The molecule has 0 saturated heterocycles. The topological polar surface area (TPSA) is 69.6 Å². The third kappa shape index (κ3) is 8.75. The number of rotatable bonds is 8. The van der Waals surface area contributed by atoms with Gasteiger partial charge in [0.2, 0.25) is 0 Å². The number of aromatic nitrogens is 5. The number of fused-ring (bicyclic) bond motifs is 5. The molecule has 0 saturated carbocycles. The fourth-order valence-electron chi connectivity index (χ4n) is 8.61. The van der Waals surface area contributed by atoms with Gasteiger partial charge in [-0.2, -0.15) is 0 Å². The summed E-state index contributed by atoms with van der Waals surface area (Å²) in [6, 6.07) is 37.3. The van der Waals surface area contributed by atoms with Gasteiger partial charge in [0.15, 0.2) is 0 Å². The van der Waals surface area contributed by atoms with Crippen LogP contribution in [0.3, 0.4) is 0 Å². The van der Waals surface area contributed by atoms with Crippen LogP contribution in [0.2, 0.25) is 17.3 Å². The molecule has 0 unspecified atom stereocenters. The Balaban J connectivity index is 0.000000226. The molecule has 9 rings (SSSR count). The third-order valence-corrected chi connectivity index (χ3v) is 15.6. The number of imidazole rings is 1. The van der Waals surface area contributed by atoms with Crippen LogP contribution >= 0.6 is 0 Å². The van der Waals surface area contributed by atoms with Crippen molar-refractivity contribution < 1.29 is 24.5 Å². The van der Waals surface area contributed by atoms with Gasteiger partial charge < -0.3 is 14.0 Å². The van der Waals surface area contributed by atoms with Crippen molar-refractivity contribution in [2.75, 3.05) is 0 Å². The predicted molar refractivity (Wildman–Crippen MR) is 253 cm³/mol. The van der Waals surface area contributed by atoms with Gasteiger partial charge in [-0.3, -0.25) is 9.97 Å². The van der Waals surface area contributed by atoms with E-state index >= 15 is 0 Å². The Kier molecular flexibility index (Phi) is 12.9. The average molecular weight is 1040 g/mol. The van der Waals surface area contributed by atoms with Gasteiger partial charge in [-0.1, -0.05) is 69.7 Å². The first-order valence-electron chi connectivity index (χ1n) is 21.3. The van der Waals surface area contributed by atoms with Gasteiger partial charge in [0.1, 0.15) is 11.3 Å². The van der Waals surface area contributed by atoms with Gasteiger partial charge >= 0.3 is 126 Å². The summed E-state index contributed by atoms with van der Waals surface area (Å²) < 4.78 is 10.00. The van der Waals surface area contributed by atoms with Crippen molar-refractivity contribution in [1.29, 1.82) is 0 Å². The van der Waals surface area contributed by atoms with Crippen LogP contribution in [0.4, 0.5) is 0 Å². The summed E-state index contributed by atoms with van der Waals surface area (Å²) in [6.45, 7) is 17.7. The van der Waals surface area contributed by atoms with Crippen molar-refractivity contribution in [2.24, 2.45) is 5.92 Å². The molecule has 8 heteroatoms. The zero-order valence-corrected chi connectivity index (χ0v) is 41.7. The van der Waals surface area contributed by atoms with E-state index < -0.39 is 13.3 Å². The minimum atomic E-state index is -1.86. The van der Waals surface area contributed by atoms with E-state index in [0.717, 1.165) is 67.8 Å². The Morgan fingerprint density at radius 2 is 1.49 bits per heavy atom. The second kappa shape index (κ2) is 17.8. The van der Waals surface area contributed by atoms with Crippen LogP contribution < -0.4 is 4.40 Å². The van der Waals surface area contributed by atoms with Crippen molar-refractivity contribution in [3.05, 3.63) is 144 Å². The van der Waals surface area contributed by atoms with Gasteiger partial charge in [0, 0.05) is 36.9 Å². The van der Waals surface area contributed by atoms with Crippen molar-refractivity contribution in [3.8, 4) is 28.3 Å². The molecule has 0 N–H and O–H groups in total. The molecule has 0 aliphatic rings. The zero-order chi connectivity index (χ0) is 42.5. The van der Waals surface area contributed by atoms with E-state index in [-0.39, 0.29) is 20.1 Å². The zero-order valence-electron chi connectivity index (χ0n) is 37.2. The molecule has 0 aliphatic heterocycles. The molecule has 9 aromatic rings. The molecule has 313 valence electrons. The van der Waals surface area contributed by atoms with Crippen molar-refractivity contribution in [2.45, 2.75) is 90.9 Å². The standard InChI is InChI=1S/C35H31N4O.C18H24GeN.Ir/c1-19(2)26-16-23-11-7-8-12-25(23)31(20(3)4)32(26)39-30-14-10-9-13-29(30)38-34(39)24-17-28-27-15-21(5)37-22(6)33(27)40-35(28)36-18-24;1-14(2)11-16-12-18(15-9-7-6-8-10-15)20-13-17(16)19(3,4)5;/h7-17,19-20H,1-6H3;6-9,12-14H,11H2,1-5H3;/q2*-1;. The Morgan fingerprint density at radius 3 is 2.20 bits per heavy atom. The number of furan rings is 1. The molecule has 0 amide bonds. The van der Waals surface area contributed by atoms with E-state index in [1.807, 2.05) is 38.1 Å². The molecule has 0 spiro atoms. The average Bonchev–Trinajstić information content (AvgIpc) is 3.78. The van der Waals surface area contributed by atoms with Crippen LogP contribution in [0.15, 0.2) is 108 Å². The number of para-hydroxylation sites is 2. The van der Waals surface area contributed by atoms with Crippen molar-refractivity contribution >= 4 is 61.5 Å². The first-order chi connectivity index (χ1) is 28.7. The normalized spacial score (nSPS) is 11.9. The fourth-order valence-corrected chi connectivity index (χ4v) is 11.9. The molecule has 61 heavy (non-hydrogen) atoms. The summed E-state index contributed by atoms with van der Waals surface area (Å²) in [4.78, 5) is 19.1. The molecule has 0 bridgehead atoms. The molecule has 6 nitrogen and oxygen atoms in total. The van der Waals surface area contributed by atoms with Crippen LogP contribution in [0.1, 0.15) is 81.5 Å². The third-order valence-electron chi connectivity index (χ3n) is 11.3. The second-order valence-electron chi connectivity index (χ2n) is 18.2. The van der Waals surface area contributed by atoms with Gasteiger partial charge in [-0.15, -0.1) is 6.07 Å². The number of hydrogen-bond donors (Lipinski definition) is 0. The molecular weight excluding hydrogens is 987 g/mol. The largest absolute Gasteiger partial charge is 0.481 e. The first kappa shape index (κ1) is 44.1. The van der Waals surface area contributed by atoms with Crippen LogP contribution in [-0.4, -0.2) is 37.8 Å². The summed E-state index contributed by atoms with van der Waals surface area (Å²) in [5.41, 5.74) is 13.4. The fraction of sp³-hybridized carbons (Fsp3) is 0.283. The van der Waals surface area contributed by atoms with Crippen molar-refractivity contribution in [1.82, 2.24) is 24.5 Å². The van der Waals surface area contributed by atoms with E-state index in [2.05, 4.69) is 165 Å². The molecular formula is C53H55GeIrN5O-2. The van der Waals surface area contributed by atoms with Crippen LogP contribution in [0.25, 0.3) is 72.2 Å². The van der Waals surface area contributed by atoms with E-state index in [0.29, 0.717) is 23.5 Å². The molecule has 0 atom stereocenters. The first-order valence-corrected chi connectivity index (χ1v) is 28.6.